The zero-order valence-electron chi connectivity index (χ0n) is 13.9. The molecule has 1 aliphatic carbocycles. The van der Waals surface area contributed by atoms with Crippen LogP contribution < -0.4 is 10.6 Å². The Balaban J connectivity index is 0.00000225. The van der Waals surface area contributed by atoms with E-state index in [9.17, 15) is 0 Å². The minimum Gasteiger partial charge on any atom is -0.356 e. The van der Waals surface area contributed by atoms with E-state index >= 15 is 0 Å². The molecule has 1 heterocycles. The number of rotatable bonds is 5. The van der Waals surface area contributed by atoms with Gasteiger partial charge in [-0.15, -0.1) is 24.0 Å². The summed E-state index contributed by atoms with van der Waals surface area (Å²) in [5, 5.41) is 11.3. The Morgan fingerprint density at radius 2 is 2.16 bits per heavy atom. The predicted octanol–water partition coefficient (Wildman–Crippen LogP) is 3.43. The molecule has 25 heavy (non-hydrogen) atoms. The first kappa shape index (κ1) is 19.7. The SMILES string of the molecule is CN=C(NCCc1nc(-c2cccc(Cl)c2)no1)NC1CC=CC1.I. The maximum Gasteiger partial charge on any atom is 0.228 e. The van der Waals surface area contributed by atoms with Gasteiger partial charge in [-0.05, 0) is 25.0 Å². The van der Waals surface area contributed by atoms with Crippen molar-refractivity contribution in [2.24, 2.45) is 4.99 Å². The Labute approximate surface area is 169 Å². The maximum atomic E-state index is 5.98. The number of hydrogen-bond acceptors (Lipinski definition) is 4. The van der Waals surface area contributed by atoms with Crippen molar-refractivity contribution >= 4 is 41.5 Å². The first-order valence-electron chi connectivity index (χ1n) is 7.95. The summed E-state index contributed by atoms with van der Waals surface area (Å²) in [4.78, 5) is 8.63. The number of nitrogens with one attached hydrogen (secondary N) is 2. The predicted molar refractivity (Wildman–Crippen MR) is 111 cm³/mol. The van der Waals surface area contributed by atoms with Gasteiger partial charge in [0, 0.05) is 36.6 Å². The van der Waals surface area contributed by atoms with Gasteiger partial charge in [-0.2, -0.15) is 4.98 Å². The monoisotopic (exact) mass is 473 g/mol. The Hall–Kier alpha value is -1.61. The molecule has 2 N–H and O–H groups in total. The lowest BCUT2D eigenvalue weighted by Gasteiger charge is -2.16. The zero-order chi connectivity index (χ0) is 16.8. The summed E-state index contributed by atoms with van der Waals surface area (Å²) >= 11 is 5.98. The lowest BCUT2D eigenvalue weighted by Crippen LogP contribution is -2.43. The Morgan fingerprint density at radius 1 is 1.36 bits per heavy atom. The van der Waals surface area contributed by atoms with Crippen LogP contribution in [-0.2, 0) is 6.42 Å². The molecule has 0 saturated carbocycles. The van der Waals surface area contributed by atoms with E-state index in [-0.39, 0.29) is 24.0 Å². The highest BCUT2D eigenvalue weighted by Gasteiger charge is 2.12. The highest BCUT2D eigenvalue weighted by Crippen LogP contribution is 2.19. The van der Waals surface area contributed by atoms with Gasteiger partial charge in [0.25, 0.3) is 0 Å². The summed E-state index contributed by atoms with van der Waals surface area (Å²) in [5.74, 6) is 1.92. The lowest BCUT2D eigenvalue weighted by molar-refractivity contribution is 0.378. The molecule has 0 unspecified atom stereocenters. The summed E-state index contributed by atoms with van der Waals surface area (Å²) in [6.45, 7) is 0.664. The number of guanidine groups is 1. The van der Waals surface area contributed by atoms with Crippen LogP contribution in [0.4, 0.5) is 0 Å². The molecule has 6 nitrogen and oxygen atoms in total. The summed E-state index contributed by atoms with van der Waals surface area (Å²) in [7, 11) is 1.77. The Morgan fingerprint density at radius 3 is 2.88 bits per heavy atom. The van der Waals surface area contributed by atoms with Gasteiger partial charge in [0.1, 0.15) is 0 Å². The van der Waals surface area contributed by atoms with Gasteiger partial charge in [-0.25, -0.2) is 0 Å². The van der Waals surface area contributed by atoms with Gasteiger partial charge in [-0.1, -0.05) is 41.0 Å². The molecule has 8 heteroatoms. The minimum absolute atomic E-state index is 0. The summed E-state index contributed by atoms with van der Waals surface area (Å²) in [6, 6.07) is 7.82. The van der Waals surface area contributed by atoms with Crippen molar-refractivity contribution in [2.45, 2.75) is 25.3 Å². The largest absolute Gasteiger partial charge is 0.356 e. The van der Waals surface area contributed by atoms with E-state index in [4.69, 9.17) is 16.1 Å². The van der Waals surface area contributed by atoms with E-state index in [1.165, 1.54) is 0 Å². The molecular formula is C17H21ClIN5O. The van der Waals surface area contributed by atoms with Crippen molar-refractivity contribution in [1.82, 2.24) is 20.8 Å². The minimum atomic E-state index is 0. The van der Waals surface area contributed by atoms with Crippen LogP contribution >= 0.6 is 35.6 Å². The van der Waals surface area contributed by atoms with Crippen LogP contribution in [0.5, 0.6) is 0 Å². The second-order valence-electron chi connectivity index (χ2n) is 5.56. The van der Waals surface area contributed by atoms with Crippen LogP contribution in [0.25, 0.3) is 11.4 Å². The molecule has 0 bridgehead atoms. The standard InChI is InChI=1S/C17H20ClN5O.HI/c1-19-17(21-14-7-2-3-8-14)20-10-9-15-22-16(23-24-15)12-5-4-6-13(18)11-12;/h2-6,11,14H,7-10H2,1H3,(H2,19,20,21);1H. The summed E-state index contributed by atoms with van der Waals surface area (Å²) in [6.07, 6.45) is 7.05. The van der Waals surface area contributed by atoms with Crippen molar-refractivity contribution < 1.29 is 4.52 Å². The van der Waals surface area contributed by atoms with E-state index < -0.39 is 0 Å². The highest BCUT2D eigenvalue weighted by molar-refractivity contribution is 14.0. The summed E-state index contributed by atoms with van der Waals surface area (Å²) in [5.41, 5.74) is 0.844. The number of aromatic nitrogens is 2. The molecule has 0 aliphatic heterocycles. The van der Waals surface area contributed by atoms with Crippen LogP contribution in [0.2, 0.25) is 5.02 Å². The van der Waals surface area contributed by atoms with Gasteiger partial charge in [0.15, 0.2) is 5.96 Å². The molecule has 0 amide bonds. The topological polar surface area (TPSA) is 75.3 Å². The van der Waals surface area contributed by atoms with E-state index in [0.29, 0.717) is 35.7 Å². The third kappa shape index (κ3) is 5.71. The molecule has 0 spiro atoms. The number of benzene rings is 1. The van der Waals surface area contributed by atoms with Crippen molar-refractivity contribution in [1.29, 1.82) is 0 Å². The normalized spacial score (nSPS) is 14.4. The molecule has 3 rings (SSSR count). The average molecular weight is 474 g/mol. The van der Waals surface area contributed by atoms with Gasteiger partial charge in [-0.3, -0.25) is 4.99 Å². The highest BCUT2D eigenvalue weighted by atomic mass is 127. The molecule has 134 valence electrons. The van der Waals surface area contributed by atoms with E-state index in [0.717, 1.165) is 24.4 Å². The molecule has 0 fully saturated rings. The van der Waals surface area contributed by atoms with Crippen molar-refractivity contribution in [2.75, 3.05) is 13.6 Å². The van der Waals surface area contributed by atoms with E-state index in [1.54, 1.807) is 7.05 Å². The molecule has 1 aromatic carbocycles. The summed E-state index contributed by atoms with van der Waals surface area (Å²) < 4.78 is 5.29. The molecular weight excluding hydrogens is 453 g/mol. The van der Waals surface area contributed by atoms with Crippen LogP contribution in [-0.4, -0.2) is 35.7 Å². The fourth-order valence-corrected chi connectivity index (χ4v) is 2.70. The van der Waals surface area contributed by atoms with Crippen molar-refractivity contribution in [3.8, 4) is 11.4 Å². The number of hydrogen-bond donors (Lipinski definition) is 2. The molecule has 0 radical (unpaired) electrons. The van der Waals surface area contributed by atoms with Crippen LogP contribution in [0.1, 0.15) is 18.7 Å². The molecule has 0 atom stereocenters. The fraction of sp³-hybridized carbons (Fsp3) is 0.353. The van der Waals surface area contributed by atoms with Gasteiger partial charge in [0.05, 0.1) is 0 Å². The first-order chi connectivity index (χ1) is 11.7. The van der Waals surface area contributed by atoms with Crippen LogP contribution in [0.15, 0.2) is 45.9 Å². The average Bonchev–Trinajstić information content (AvgIpc) is 3.25. The second-order valence-corrected chi connectivity index (χ2v) is 5.99. The van der Waals surface area contributed by atoms with Gasteiger partial charge < -0.3 is 15.2 Å². The molecule has 2 aromatic rings. The third-order valence-electron chi connectivity index (χ3n) is 3.75. The third-order valence-corrected chi connectivity index (χ3v) is 3.99. The Kier molecular flexibility index (Phi) is 7.70. The fourth-order valence-electron chi connectivity index (χ4n) is 2.51. The van der Waals surface area contributed by atoms with E-state index in [2.05, 4.69) is 37.9 Å². The van der Waals surface area contributed by atoms with Crippen molar-refractivity contribution in [3.05, 3.63) is 47.3 Å². The maximum absolute atomic E-state index is 5.98. The Bertz CT molecular complexity index is 738. The van der Waals surface area contributed by atoms with Gasteiger partial charge >= 0.3 is 0 Å². The number of aliphatic imine (C=N–C) groups is 1. The van der Waals surface area contributed by atoms with E-state index in [1.807, 2.05) is 24.3 Å². The number of nitrogens with zero attached hydrogens (tertiary/aromatic N) is 3. The quantitative estimate of drug-likeness (QED) is 0.301. The van der Waals surface area contributed by atoms with Gasteiger partial charge in [0.2, 0.25) is 11.7 Å². The van der Waals surface area contributed by atoms with Crippen LogP contribution in [0, 0.1) is 0 Å². The molecule has 1 aromatic heterocycles. The number of halogens is 2. The van der Waals surface area contributed by atoms with Crippen molar-refractivity contribution in [3.63, 3.8) is 0 Å². The van der Waals surface area contributed by atoms with Crippen LogP contribution in [0.3, 0.4) is 0 Å². The zero-order valence-corrected chi connectivity index (χ0v) is 17.0. The molecule has 0 saturated heterocycles. The second kappa shape index (κ2) is 9.76. The smallest absolute Gasteiger partial charge is 0.228 e. The first-order valence-corrected chi connectivity index (χ1v) is 8.33. The lowest BCUT2D eigenvalue weighted by atomic mass is 10.2. The molecule has 1 aliphatic rings.